The van der Waals surface area contributed by atoms with Crippen LogP contribution in [0.2, 0.25) is 0 Å². The van der Waals surface area contributed by atoms with Gasteiger partial charge < -0.3 is 18.9 Å². The van der Waals surface area contributed by atoms with Crippen LogP contribution in [0.25, 0.3) is 166 Å². The van der Waals surface area contributed by atoms with Crippen LogP contribution in [0.3, 0.4) is 0 Å². The van der Waals surface area contributed by atoms with Gasteiger partial charge in [-0.1, -0.05) is 364 Å². The molecular weight excluding hydrogens is 1500 g/mol. The number of fused-ring (bicyclic) bond motifs is 6. The molecule has 0 spiro atoms. The summed E-state index contributed by atoms with van der Waals surface area (Å²) in [5.74, 6) is 0. The zero-order valence-corrected chi connectivity index (χ0v) is 66.7. The summed E-state index contributed by atoms with van der Waals surface area (Å²) >= 11 is 0. The van der Waals surface area contributed by atoms with Crippen LogP contribution >= 0.6 is 0 Å². The Hall–Kier alpha value is -16.4. The van der Waals surface area contributed by atoms with Gasteiger partial charge in [0, 0.05) is 67.0 Å². The molecule has 124 heavy (non-hydrogen) atoms. The maximum absolute atomic E-state index is 9.72. The lowest BCUT2D eigenvalue weighted by atomic mass is 9.98. The zero-order valence-electron chi connectivity index (χ0n) is 87.7. The Balaban J connectivity index is 0.000000173. The first-order valence-electron chi connectivity index (χ1n) is 51.3. The van der Waals surface area contributed by atoms with Crippen molar-refractivity contribution in [1.29, 1.82) is 0 Å². The van der Waals surface area contributed by atoms with Gasteiger partial charge >= 0.3 is 0 Å². The Bertz CT molecular complexity index is 8770. The summed E-state index contributed by atoms with van der Waals surface area (Å²) < 4.78 is 198. The standard InChI is InChI=1S/2C60H42N2/c2*1-4-13-43(14-5-1)46-23-32-53(33-24-46)61(54-34-27-48(28-35-54)51-20-12-19-50(41-51)45-17-8-3-9-18-45)55-36-29-49(30-37-55)52-31-40-60-58(42-52)57-21-10-11-22-59(57)62(60)56-38-25-47(26-39-56)44-15-6-2-7-16-44/h2*1-42H/i3D,8D,9D,12D,17D,18D,19D,20D,27D,28D,29D,30D,34D,35D,36D,37D,41D;29D,30D,36D,37D. The van der Waals surface area contributed by atoms with E-state index in [0.717, 1.165) is 127 Å². The zero-order chi connectivity index (χ0) is 101. The van der Waals surface area contributed by atoms with Crippen LogP contribution < -0.4 is 9.80 Å². The summed E-state index contributed by atoms with van der Waals surface area (Å²) in [6.07, 6.45) is 0. The van der Waals surface area contributed by atoms with E-state index in [4.69, 9.17) is 11.0 Å². The molecule has 0 amide bonds. The number of hydrogen-bond donors (Lipinski definition) is 0. The molecule has 584 valence electrons. The first kappa shape index (κ1) is 55.4. The number of anilines is 6. The Kier molecular flexibility index (Phi) is 15.1. The largest absolute Gasteiger partial charge is 0.311 e. The number of rotatable bonds is 18. The Morgan fingerprint density at radius 2 is 0.403 bits per heavy atom. The minimum Gasteiger partial charge on any atom is -0.311 e. The van der Waals surface area contributed by atoms with Gasteiger partial charge in [-0.15, -0.1) is 0 Å². The summed E-state index contributed by atoms with van der Waals surface area (Å²) in [6, 6.07) is 112. The summed E-state index contributed by atoms with van der Waals surface area (Å²) in [6.45, 7) is 0. The molecule has 0 saturated heterocycles. The number of hydrogen-bond acceptors (Lipinski definition) is 2. The van der Waals surface area contributed by atoms with Gasteiger partial charge in [-0.25, -0.2) is 0 Å². The highest BCUT2D eigenvalue weighted by atomic mass is 15.1. The number of aromatic nitrogens is 2. The van der Waals surface area contributed by atoms with Crippen molar-refractivity contribution in [3.63, 3.8) is 0 Å². The fraction of sp³-hybridized carbons (Fsp3) is 0. The molecule has 22 rings (SSSR count). The molecule has 22 aromatic rings. The van der Waals surface area contributed by atoms with Crippen molar-refractivity contribution in [2.75, 3.05) is 9.80 Å². The molecule has 2 aromatic heterocycles. The SMILES string of the molecule is [2H]c1c([2H])c(N(c2ccc(-c3ccccc3)cc2)c2ccc(-c3cccc(-c4ccccc4)c3)cc2)c([2H])c([2H])c1-c1ccc2c(c1)c1ccccc1n2-c1ccc(-c2ccccc2)cc1.[2H]c1c([2H])c([2H])c(-c2c([2H])c([2H])c([2H])c(-c3c([2H])c([2H])c(N(c4ccc(-c5ccccc5)cc4)c4c([2H])c([2H])c(-c5ccc6c(c5)c5ccccc5n6-c5ccc(-c6ccccc6)cc5)c([2H])c4[2H])c([2H])c3[2H])c2[2H])c([2H])c1[2H]. The molecular formula is C120H84N4. The molecule has 0 bridgehead atoms. The first-order valence-corrected chi connectivity index (χ1v) is 40.8. The van der Waals surface area contributed by atoms with Crippen molar-refractivity contribution >= 4 is 77.7 Å². The van der Waals surface area contributed by atoms with Gasteiger partial charge in [0.15, 0.2) is 0 Å². The highest BCUT2D eigenvalue weighted by Gasteiger charge is 2.21. The molecule has 0 fully saturated rings. The van der Waals surface area contributed by atoms with Gasteiger partial charge in [0.25, 0.3) is 0 Å². The highest BCUT2D eigenvalue weighted by Crippen LogP contribution is 2.44. The fourth-order valence-electron chi connectivity index (χ4n) is 16.3. The summed E-state index contributed by atoms with van der Waals surface area (Å²) in [5.41, 5.74) is 17.5. The Morgan fingerprint density at radius 1 is 0.153 bits per heavy atom. The second kappa shape index (κ2) is 33.8. The summed E-state index contributed by atoms with van der Waals surface area (Å²) in [7, 11) is 0. The first-order chi connectivity index (χ1) is 70.2. The molecule has 2 heterocycles. The van der Waals surface area contributed by atoms with E-state index < -0.39 is 136 Å². The molecule has 0 radical (unpaired) electrons. The Labute approximate surface area is 753 Å². The maximum Gasteiger partial charge on any atom is 0.0645 e. The monoisotopic (exact) mass is 1600 g/mol. The third-order valence-corrected chi connectivity index (χ3v) is 22.4. The van der Waals surface area contributed by atoms with Crippen LogP contribution in [0.1, 0.15) is 28.8 Å². The van der Waals surface area contributed by atoms with Crippen LogP contribution in [-0.4, -0.2) is 9.13 Å². The fourth-order valence-corrected chi connectivity index (χ4v) is 16.3. The lowest BCUT2D eigenvalue weighted by Gasteiger charge is -2.26. The lowest BCUT2D eigenvalue weighted by molar-refractivity contribution is 1.18. The lowest BCUT2D eigenvalue weighted by Crippen LogP contribution is -2.09. The highest BCUT2D eigenvalue weighted by molar-refractivity contribution is 6.12. The molecule has 0 aliphatic heterocycles. The van der Waals surface area contributed by atoms with Crippen molar-refractivity contribution < 1.29 is 28.8 Å². The van der Waals surface area contributed by atoms with E-state index >= 15 is 0 Å². The molecule has 0 N–H and O–H groups in total. The van der Waals surface area contributed by atoms with Gasteiger partial charge in [-0.3, -0.25) is 0 Å². The van der Waals surface area contributed by atoms with E-state index in [1.165, 1.54) is 0 Å². The second-order valence-corrected chi connectivity index (χ2v) is 29.9. The van der Waals surface area contributed by atoms with Crippen LogP contribution in [0.4, 0.5) is 34.1 Å². The third-order valence-electron chi connectivity index (χ3n) is 22.4. The smallest absolute Gasteiger partial charge is 0.0645 e. The number of nitrogens with zero attached hydrogens (tertiary/aromatic N) is 4. The van der Waals surface area contributed by atoms with Crippen molar-refractivity contribution in [2.24, 2.45) is 0 Å². The van der Waals surface area contributed by atoms with Gasteiger partial charge in [0.05, 0.1) is 50.9 Å². The predicted molar refractivity (Wildman–Crippen MR) is 525 cm³/mol. The van der Waals surface area contributed by atoms with Gasteiger partial charge in [-0.05, 0) is 257 Å². The van der Waals surface area contributed by atoms with Crippen LogP contribution in [0, 0.1) is 0 Å². The molecule has 0 saturated carbocycles. The molecule has 0 aliphatic carbocycles. The summed E-state index contributed by atoms with van der Waals surface area (Å²) in [4.78, 5) is 2.97. The summed E-state index contributed by atoms with van der Waals surface area (Å²) in [5, 5.41) is 3.66. The topological polar surface area (TPSA) is 16.3 Å². The average Bonchev–Trinajstić information content (AvgIpc) is 1.27. The Morgan fingerprint density at radius 3 is 0.766 bits per heavy atom. The van der Waals surface area contributed by atoms with Crippen LogP contribution in [0.5, 0.6) is 0 Å². The van der Waals surface area contributed by atoms with E-state index in [-0.39, 0.29) is 46.7 Å². The minimum atomic E-state index is -0.878. The molecule has 20 aromatic carbocycles. The minimum absolute atomic E-state index is 0.0381. The van der Waals surface area contributed by atoms with Gasteiger partial charge in [0.1, 0.15) is 0 Å². The second-order valence-electron chi connectivity index (χ2n) is 29.9. The quantitative estimate of drug-likeness (QED) is 0.0851. The average molecular weight is 1600 g/mol. The number of benzene rings is 20. The number of para-hydroxylation sites is 2. The maximum atomic E-state index is 9.72. The van der Waals surface area contributed by atoms with E-state index in [1.54, 1.807) is 30.3 Å². The van der Waals surface area contributed by atoms with Crippen molar-refractivity contribution in [3.8, 4) is 123 Å². The van der Waals surface area contributed by atoms with Crippen molar-refractivity contribution in [2.45, 2.75) is 0 Å². The normalized spacial score (nSPS) is 13.6. The van der Waals surface area contributed by atoms with E-state index in [1.807, 2.05) is 235 Å². The van der Waals surface area contributed by atoms with Gasteiger partial charge in [0.2, 0.25) is 0 Å². The molecule has 4 nitrogen and oxygen atoms in total. The van der Waals surface area contributed by atoms with E-state index in [0.29, 0.717) is 22.5 Å². The van der Waals surface area contributed by atoms with Gasteiger partial charge in [-0.2, -0.15) is 0 Å². The van der Waals surface area contributed by atoms with Crippen LogP contribution in [-0.2, 0) is 0 Å². The molecule has 0 atom stereocenters. The van der Waals surface area contributed by atoms with Crippen molar-refractivity contribution in [3.05, 3.63) is 509 Å². The molecule has 0 aliphatic rings. The van der Waals surface area contributed by atoms with E-state index in [9.17, 15) is 17.8 Å². The van der Waals surface area contributed by atoms with Crippen molar-refractivity contribution in [1.82, 2.24) is 9.13 Å². The predicted octanol–water partition coefficient (Wildman–Crippen LogP) is 33.2. The molecule has 4 heteroatoms. The van der Waals surface area contributed by atoms with Crippen LogP contribution in [0.15, 0.2) is 509 Å². The molecule has 0 unspecified atom stereocenters. The third kappa shape index (κ3) is 15.2. The van der Waals surface area contributed by atoms with E-state index in [2.05, 4.69) is 130 Å².